The van der Waals surface area contributed by atoms with Crippen molar-refractivity contribution in [2.45, 2.75) is 20.5 Å². The molecule has 0 unspecified atom stereocenters. The molecule has 5 rings (SSSR count). The summed E-state index contributed by atoms with van der Waals surface area (Å²) in [6, 6.07) is 10.2. The lowest BCUT2D eigenvalue weighted by Gasteiger charge is -2.07. The Morgan fingerprint density at radius 2 is 1.92 bits per heavy atom. The van der Waals surface area contributed by atoms with Crippen molar-refractivity contribution in [1.29, 1.82) is 0 Å². The minimum absolute atomic E-state index is 0.120. The van der Waals surface area contributed by atoms with Crippen LogP contribution in [0.15, 0.2) is 65.6 Å². The molecule has 0 atom stereocenters. The molecule has 4 heterocycles. The van der Waals surface area contributed by atoms with E-state index in [9.17, 15) is 23.5 Å². The topological polar surface area (TPSA) is 120 Å². The number of pyridine rings is 2. The van der Waals surface area contributed by atoms with Gasteiger partial charge in [-0.2, -0.15) is 8.78 Å². The van der Waals surface area contributed by atoms with E-state index < -0.39 is 18.4 Å². The number of ketones is 1. The van der Waals surface area contributed by atoms with Gasteiger partial charge in [-0.1, -0.05) is 17.3 Å². The van der Waals surface area contributed by atoms with Crippen LogP contribution in [0.1, 0.15) is 37.9 Å². The monoisotopic (exact) mass is 504 g/mol. The molecule has 37 heavy (non-hydrogen) atoms. The minimum atomic E-state index is -3.04. The highest BCUT2D eigenvalue weighted by Crippen LogP contribution is 2.32. The first kappa shape index (κ1) is 23.8. The third kappa shape index (κ3) is 4.42. The number of carbonyl (C=O) groups is 2. The lowest BCUT2D eigenvalue weighted by molar-refractivity contribution is -0.0498. The lowest BCUT2D eigenvalue weighted by Crippen LogP contribution is -2.05. The quantitative estimate of drug-likeness (QED) is 0.300. The number of halogens is 2. The van der Waals surface area contributed by atoms with Gasteiger partial charge in [0.2, 0.25) is 0 Å². The molecule has 0 fully saturated rings. The summed E-state index contributed by atoms with van der Waals surface area (Å²) in [4.78, 5) is 33.4. The molecule has 11 heteroatoms. The van der Waals surface area contributed by atoms with Crippen LogP contribution in [0.25, 0.3) is 27.8 Å². The maximum atomic E-state index is 13.5. The van der Waals surface area contributed by atoms with Gasteiger partial charge in [-0.05, 0) is 44.2 Å². The summed E-state index contributed by atoms with van der Waals surface area (Å²) in [5.41, 5.74) is 3.47. The first-order valence-corrected chi connectivity index (χ1v) is 11.0. The molecule has 186 valence electrons. The smallest absolute Gasteiger partial charge is 0.387 e. The van der Waals surface area contributed by atoms with Crippen LogP contribution in [0.5, 0.6) is 5.75 Å². The average Bonchev–Trinajstić information content (AvgIpc) is 3.42. The second kappa shape index (κ2) is 9.26. The highest BCUT2D eigenvalue weighted by molar-refractivity contribution is 6.16. The van der Waals surface area contributed by atoms with Crippen LogP contribution >= 0.6 is 0 Å². The Morgan fingerprint density at radius 1 is 1.11 bits per heavy atom. The van der Waals surface area contributed by atoms with E-state index in [-0.39, 0.29) is 22.6 Å². The molecular formula is C26H18F2N4O5. The SMILES string of the molecule is Cc1noc(C)c1-c1cnc2c(C(=O)c3cccc(OC(F)F)c3)cn(-c3ccnc(C(=O)O)c3)c2c1. The number of rotatable bonds is 7. The molecule has 1 N–H and O–H groups in total. The number of carboxylic acid groups (broad SMARTS) is 1. The predicted octanol–water partition coefficient (Wildman–Crippen LogP) is 5.22. The van der Waals surface area contributed by atoms with Gasteiger partial charge in [0, 0.05) is 41.0 Å². The van der Waals surface area contributed by atoms with Gasteiger partial charge in [-0.3, -0.25) is 9.78 Å². The summed E-state index contributed by atoms with van der Waals surface area (Å²) in [6.07, 6.45) is 4.46. The van der Waals surface area contributed by atoms with Gasteiger partial charge in [0.1, 0.15) is 17.2 Å². The number of nitrogens with zero attached hydrogens (tertiary/aromatic N) is 4. The van der Waals surface area contributed by atoms with Crippen molar-refractivity contribution in [2.24, 2.45) is 0 Å². The van der Waals surface area contributed by atoms with Crippen molar-refractivity contribution in [3.63, 3.8) is 0 Å². The van der Waals surface area contributed by atoms with Gasteiger partial charge in [0.05, 0.1) is 22.3 Å². The van der Waals surface area contributed by atoms with E-state index in [1.54, 1.807) is 36.7 Å². The molecule has 0 aliphatic carbocycles. The molecule has 4 aromatic heterocycles. The van der Waals surface area contributed by atoms with Crippen molar-refractivity contribution in [2.75, 3.05) is 0 Å². The van der Waals surface area contributed by atoms with Gasteiger partial charge < -0.3 is 18.9 Å². The molecule has 0 amide bonds. The van der Waals surface area contributed by atoms with Gasteiger partial charge in [0.15, 0.2) is 5.78 Å². The van der Waals surface area contributed by atoms with Crippen LogP contribution in [0.3, 0.4) is 0 Å². The van der Waals surface area contributed by atoms with Crippen LogP contribution in [0.2, 0.25) is 0 Å². The number of ether oxygens (including phenoxy) is 1. The van der Waals surface area contributed by atoms with Gasteiger partial charge in [-0.15, -0.1) is 0 Å². The summed E-state index contributed by atoms with van der Waals surface area (Å²) < 4.78 is 36.7. The second-order valence-electron chi connectivity index (χ2n) is 8.14. The number of hydrogen-bond acceptors (Lipinski definition) is 7. The third-order valence-corrected chi connectivity index (χ3v) is 5.77. The molecule has 0 aliphatic rings. The van der Waals surface area contributed by atoms with Gasteiger partial charge in [0.25, 0.3) is 0 Å². The first-order chi connectivity index (χ1) is 17.7. The average molecular weight is 504 g/mol. The molecule has 0 saturated carbocycles. The first-order valence-electron chi connectivity index (χ1n) is 11.0. The van der Waals surface area contributed by atoms with E-state index >= 15 is 0 Å². The fraction of sp³-hybridized carbons (Fsp3) is 0.115. The molecule has 1 aromatic carbocycles. The zero-order chi connectivity index (χ0) is 26.3. The van der Waals surface area contributed by atoms with Crippen molar-refractivity contribution in [1.82, 2.24) is 19.7 Å². The molecule has 0 bridgehead atoms. The van der Waals surface area contributed by atoms with Crippen LogP contribution in [-0.4, -0.2) is 43.2 Å². The van der Waals surface area contributed by atoms with Crippen LogP contribution in [-0.2, 0) is 0 Å². The second-order valence-corrected chi connectivity index (χ2v) is 8.14. The zero-order valence-electron chi connectivity index (χ0n) is 19.5. The Morgan fingerprint density at radius 3 is 2.62 bits per heavy atom. The van der Waals surface area contributed by atoms with E-state index in [0.717, 1.165) is 5.56 Å². The number of fused-ring (bicyclic) bond motifs is 1. The summed E-state index contributed by atoms with van der Waals surface area (Å²) >= 11 is 0. The van der Waals surface area contributed by atoms with Crippen molar-refractivity contribution in [3.05, 3.63) is 89.3 Å². The number of carboxylic acids is 1. The maximum absolute atomic E-state index is 13.5. The van der Waals surface area contributed by atoms with Crippen LogP contribution < -0.4 is 4.74 Å². The Labute approximate surface area is 207 Å². The molecule has 0 saturated heterocycles. The van der Waals surface area contributed by atoms with Crippen molar-refractivity contribution >= 4 is 22.8 Å². The maximum Gasteiger partial charge on any atom is 0.387 e. The third-order valence-electron chi connectivity index (χ3n) is 5.77. The normalized spacial score (nSPS) is 11.3. The fourth-order valence-corrected chi connectivity index (χ4v) is 4.17. The van der Waals surface area contributed by atoms with Gasteiger partial charge in [-0.25, -0.2) is 9.78 Å². The zero-order valence-corrected chi connectivity index (χ0v) is 19.5. The number of benzene rings is 1. The van der Waals surface area contributed by atoms with Crippen molar-refractivity contribution in [3.8, 4) is 22.6 Å². The molecule has 0 radical (unpaired) electrons. The van der Waals surface area contributed by atoms with E-state index in [2.05, 4.69) is 19.9 Å². The van der Waals surface area contributed by atoms with E-state index in [0.29, 0.717) is 33.7 Å². The number of aromatic nitrogens is 4. The summed E-state index contributed by atoms with van der Waals surface area (Å²) in [6.45, 7) is 0.525. The van der Waals surface area contributed by atoms with E-state index in [1.165, 1.54) is 42.7 Å². The highest BCUT2D eigenvalue weighted by Gasteiger charge is 2.22. The number of hydrogen-bond donors (Lipinski definition) is 1. The number of aryl methyl sites for hydroxylation is 2. The van der Waals surface area contributed by atoms with Gasteiger partial charge >= 0.3 is 12.6 Å². The van der Waals surface area contributed by atoms with Crippen molar-refractivity contribution < 1.29 is 32.7 Å². The number of aromatic carboxylic acids is 1. The van der Waals surface area contributed by atoms with E-state index in [4.69, 9.17) is 4.52 Å². The summed E-state index contributed by atoms with van der Waals surface area (Å²) in [5.74, 6) is -1.26. The lowest BCUT2D eigenvalue weighted by atomic mass is 10.0. The highest BCUT2D eigenvalue weighted by atomic mass is 19.3. The molecule has 0 aliphatic heterocycles. The predicted molar refractivity (Wildman–Crippen MR) is 127 cm³/mol. The number of alkyl halides is 2. The number of carbonyl (C=O) groups excluding carboxylic acids is 1. The van der Waals surface area contributed by atoms with Crippen LogP contribution in [0.4, 0.5) is 8.78 Å². The molecule has 9 nitrogen and oxygen atoms in total. The molecule has 5 aromatic rings. The summed E-state index contributed by atoms with van der Waals surface area (Å²) in [7, 11) is 0. The summed E-state index contributed by atoms with van der Waals surface area (Å²) in [5, 5.41) is 13.4. The standard InChI is InChI=1S/C26H18F2N4O5/c1-13-22(14(2)37-31-13)16-9-21-23(30-11-16)19(12-32(21)17-6-7-29-20(10-17)25(34)35)24(33)15-4-3-5-18(8-15)36-26(27)28/h3-12,26H,1-2H3,(H,34,35). The van der Waals surface area contributed by atoms with E-state index in [1.807, 2.05) is 0 Å². The van der Waals surface area contributed by atoms with Crippen LogP contribution in [0, 0.1) is 13.8 Å². The molecular weight excluding hydrogens is 486 g/mol. The minimum Gasteiger partial charge on any atom is -0.477 e. The largest absolute Gasteiger partial charge is 0.477 e. The Balaban J connectivity index is 1.71. The fourth-order valence-electron chi connectivity index (χ4n) is 4.17. The molecule has 0 spiro atoms. The Kier molecular flexibility index (Phi) is 5.96. The Hall–Kier alpha value is -4.93. The Bertz CT molecular complexity index is 1660.